The number of hydrogen-bond acceptors (Lipinski definition) is 7. The van der Waals surface area contributed by atoms with Gasteiger partial charge in [0.25, 0.3) is 5.91 Å². The Morgan fingerprint density at radius 2 is 1.82 bits per heavy atom. The third-order valence-corrected chi connectivity index (χ3v) is 6.79. The van der Waals surface area contributed by atoms with Gasteiger partial charge in [-0.2, -0.15) is 0 Å². The summed E-state index contributed by atoms with van der Waals surface area (Å²) in [6.07, 6.45) is 1.30. The van der Waals surface area contributed by atoms with Crippen molar-refractivity contribution in [3.05, 3.63) is 54.1 Å². The quantitative estimate of drug-likeness (QED) is 0.530. The van der Waals surface area contributed by atoms with Crippen molar-refractivity contribution in [3.63, 3.8) is 0 Å². The van der Waals surface area contributed by atoms with Gasteiger partial charge in [0.15, 0.2) is 0 Å². The van der Waals surface area contributed by atoms with E-state index in [-0.39, 0.29) is 50.2 Å². The molecule has 2 aromatic carbocycles. The van der Waals surface area contributed by atoms with Crippen LogP contribution in [-0.4, -0.2) is 92.5 Å². The van der Waals surface area contributed by atoms with Gasteiger partial charge in [0.05, 0.1) is 38.2 Å². The van der Waals surface area contributed by atoms with Gasteiger partial charge < -0.3 is 34.6 Å². The standard InChI is InChI=1S/C28H34N4O7/c1-31-17-26(34)32-14-5-6-19(32)18-39-24-8-4-3-7-22(24)27(35)30-23(16-25(31)33)28(36)29-13-15-38-21-11-9-20(37-2)10-12-21/h3-4,7-12,19,23H,5-6,13-18H2,1-2H3,(H,29,36)(H,30,35)/t19-,23+/m1/s1. The molecular weight excluding hydrogens is 504 g/mol. The molecule has 2 N–H and O–H groups in total. The molecule has 0 aliphatic carbocycles. The predicted octanol–water partition coefficient (Wildman–Crippen LogP) is 1.22. The van der Waals surface area contributed by atoms with E-state index >= 15 is 0 Å². The average molecular weight is 539 g/mol. The molecule has 2 atom stereocenters. The largest absolute Gasteiger partial charge is 0.497 e. The number of benzene rings is 2. The van der Waals surface area contributed by atoms with Crippen molar-refractivity contribution in [2.75, 3.05) is 47.0 Å². The van der Waals surface area contributed by atoms with Gasteiger partial charge in [0.1, 0.15) is 36.5 Å². The van der Waals surface area contributed by atoms with Crippen molar-refractivity contribution in [1.82, 2.24) is 20.4 Å². The fraction of sp³-hybridized carbons (Fsp3) is 0.429. The van der Waals surface area contributed by atoms with Crippen LogP contribution in [0, 0.1) is 0 Å². The van der Waals surface area contributed by atoms with Gasteiger partial charge in [-0.05, 0) is 49.2 Å². The Labute approximate surface area is 227 Å². The summed E-state index contributed by atoms with van der Waals surface area (Å²) >= 11 is 0. The highest BCUT2D eigenvalue weighted by molar-refractivity contribution is 6.01. The molecule has 4 amide bonds. The lowest BCUT2D eigenvalue weighted by atomic mass is 10.1. The second-order valence-corrected chi connectivity index (χ2v) is 9.49. The van der Waals surface area contributed by atoms with Crippen LogP contribution >= 0.6 is 0 Å². The summed E-state index contributed by atoms with van der Waals surface area (Å²) in [5.74, 6) is -0.0362. The third-order valence-electron chi connectivity index (χ3n) is 6.79. The number of carbonyl (C=O) groups is 4. The maximum Gasteiger partial charge on any atom is 0.255 e. The van der Waals surface area contributed by atoms with Crippen LogP contribution in [0.5, 0.6) is 17.2 Å². The molecule has 0 saturated carbocycles. The first-order chi connectivity index (χ1) is 18.9. The molecule has 11 heteroatoms. The highest BCUT2D eigenvalue weighted by atomic mass is 16.5. The number of ether oxygens (including phenoxy) is 3. The van der Waals surface area contributed by atoms with Crippen LogP contribution in [0.1, 0.15) is 29.6 Å². The smallest absolute Gasteiger partial charge is 0.255 e. The second kappa shape index (κ2) is 13.0. The van der Waals surface area contributed by atoms with Gasteiger partial charge >= 0.3 is 0 Å². The number of carbonyl (C=O) groups excluding carboxylic acids is 4. The molecule has 2 aromatic rings. The Morgan fingerprint density at radius 1 is 1.08 bits per heavy atom. The molecule has 1 fully saturated rings. The van der Waals surface area contributed by atoms with E-state index in [1.165, 1.54) is 11.9 Å². The summed E-state index contributed by atoms with van der Waals surface area (Å²) in [6.45, 7) is 1.01. The van der Waals surface area contributed by atoms with Gasteiger partial charge in [-0.1, -0.05) is 12.1 Å². The highest BCUT2D eigenvalue weighted by Crippen LogP contribution is 2.23. The molecule has 11 nitrogen and oxygen atoms in total. The molecule has 39 heavy (non-hydrogen) atoms. The van der Waals surface area contributed by atoms with E-state index in [0.717, 1.165) is 12.8 Å². The topological polar surface area (TPSA) is 127 Å². The van der Waals surface area contributed by atoms with Gasteiger partial charge in [-0.3, -0.25) is 19.2 Å². The molecule has 1 saturated heterocycles. The van der Waals surface area contributed by atoms with Crippen LogP contribution in [0.25, 0.3) is 0 Å². The second-order valence-electron chi connectivity index (χ2n) is 9.49. The average Bonchev–Trinajstić information content (AvgIpc) is 3.42. The molecule has 0 unspecified atom stereocenters. The van der Waals surface area contributed by atoms with Crippen LogP contribution in [-0.2, 0) is 14.4 Å². The van der Waals surface area contributed by atoms with E-state index in [1.807, 2.05) is 0 Å². The van der Waals surface area contributed by atoms with Crippen LogP contribution < -0.4 is 24.8 Å². The first kappa shape index (κ1) is 27.7. The first-order valence-electron chi connectivity index (χ1n) is 13.0. The van der Waals surface area contributed by atoms with Gasteiger partial charge in [-0.25, -0.2) is 0 Å². The van der Waals surface area contributed by atoms with E-state index in [0.29, 0.717) is 23.8 Å². The summed E-state index contributed by atoms with van der Waals surface area (Å²) in [7, 11) is 3.09. The summed E-state index contributed by atoms with van der Waals surface area (Å²) < 4.78 is 16.7. The molecular formula is C28H34N4O7. The fourth-order valence-electron chi connectivity index (χ4n) is 4.60. The molecule has 0 bridgehead atoms. The van der Waals surface area contributed by atoms with Crippen LogP contribution in [0.4, 0.5) is 0 Å². The van der Waals surface area contributed by atoms with Crippen LogP contribution in [0.15, 0.2) is 48.5 Å². The zero-order valence-corrected chi connectivity index (χ0v) is 22.2. The lowest BCUT2D eigenvalue weighted by Gasteiger charge is -2.29. The molecule has 4 rings (SSSR count). The number of hydrogen-bond donors (Lipinski definition) is 2. The van der Waals surface area contributed by atoms with Crippen molar-refractivity contribution in [2.45, 2.75) is 31.3 Å². The zero-order valence-electron chi connectivity index (χ0n) is 22.2. The Bertz CT molecular complexity index is 1190. The predicted molar refractivity (Wildman–Crippen MR) is 142 cm³/mol. The minimum atomic E-state index is -1.17. The Balaban J connectivity index is 1.46. The highest BCUT2D eigenvalue weighted by Gasteiger charge is 2.33. The molecule has 0 spiro atoms. The summed E-state index contributed by atoms with van der Waals surface area (Å²) in [5.41, 5.74) is 0.242. The summed E-state index contributed by atoms with van der Waals surface area (Å²) in [5, 5.41) is 5.40. The maximum atomic E-state index is 13.2. The molecule has 2 aliphatic heterocycles. The van der Waals surface area contributed by atoms with E-state index in [1.54, 1.807) is 60.5 Å². The van der Waals surface area contributed by atoms with Crippen molar-refractivity contribution in [3.8, 4) is 17.2 Å². The number of methoxy groups -OCH3 is 1. The number of amides is 4. The normalized spacial score (nSPS) is 20.2. The van der Waals surface area contributed by atoms with Gasteiger partial charge in [0.2, 0.25) is 17.7 Å². The van der Waals surface area contributed by atoms with Crippen molar-refractivity contribution >= 4 is 23.6 Å². The summed E-state index contributed by atoms with van der Waals surface area (Å²) in [4.78, 5) is 55.3. The minimum absolute atomic E-state index is 0.121. The number of fused-ring (bicyclic) bond motifs is 2. The van der Waals surface area contributed by atoms with E-state index in [9.17, 15) is 19.2 Å². The lowest BCUT2D eigenvalue weighted by Crippen LogP contribution is -2.51. The SMILES string of the molecule is COc1ccc(OCCNC(=O)[C@@H]2CC(=O)N(C)CC(=O)N3CCC[C@@H]3COc3ccccc3C(=O)N2)cc1. The van der Waals surface area contributed by atoms with Crippen molar-refractivity contribution < 1.29 is 33.4 Å². The van der Waals surface area contributed by atoms with E-state index < -0.39 is 23.8 Å². The third kappa shape index (κ3) is 7.18. The Kier molecular flexibility index (Phi) is 9.24. The summed E-state index contributed by atoms with van der Waals surface area (Å²) in [6, 6.07) is 12.4. The van der Waals surface area contributed by atoms with E-state index in [2.05, 4.69) is 10.6 Å². The van der Waals surface area contributed by atoms with Crippen LogP contribution in [0.3, 0.4) is 0 Å². The molecule has 2 heterocycles. The van der Waals surface area contributed by atoms with Crippen molar-refractivity contribution in [2.24, 2.45) is 0 Å². The number of rotatable bonds is 6. The number of nitrogens with one attached hydrogen (secondary N) is 2. The Hall–Kier alpha value is -4.28. The number of nitrogens with zero attached hydrogens (tertiary/aromatic N) is 2. The first-order valence-corrected chi connectivity index (χ1v) is 13.0. The molecule has 0 aromatic heterocycles. The van der Waals surface area contributed by atoms with Gasteiger partial charge in [0, 0.05) is 13.6 Å². The molecule has 2 aliphatic rings. The number of likely N-dealkylation sites (N-methyl/N-ethyl adjacent to an activating group) is 1. The molecule has 208 valence electrons. The van der Waals surface area contributed by atoms with E-state index in [4.69, 9.17) is 14.2 Å². The molecule has 0 radical (unpaired) electrons. The zero-order chi connectivity index (χ0) is 27.8. The van der Waals surface area contributed by atoms with Crippen molar-refractivity contribution in [1.29, 1.82) is 0 Å². The number of para-hydroxylation sites is 1. The Morgan fingerprint density at radius 3 is 2.59 bits per heavy atom. The lowest BCUT2D eigenvalue weighted by molar-refractivity contribution is -0.141. The minimum Gasteiger partial charge on any atom is -0.497 e. The maximum absolute atomic E-state index is 13.2. The monoisotopic (exact) mass is 538 g/mol. The fourth-order valence-corrected chi connectivity index (χ4v) is 4.60. The van der Waals surface area contributed by atoms with Gasteiger partial charge in [-0.15, -0.1) is 0 Å². The van der Waals surface area contributed by atoms with Crippen LogP contribution in [0.2, 0.25) is 0 Å².